The summed E-state index contributed by atoms with van der Waals surface area (Å²) < 4.78 is 14.7. The number of benzene rings is 2. The maximum absolute atomic E-state index is 13.9. The number of fused-ring (bicyclic) bond motifs is 1. The first-order chi connectivity index (χ1) is 11.1. The van der Waals surface area contributed by atoms with E-state index in [1.807, 2.05) is 18.2 Å². The van der Waals surface area contributed by atoms with Crippen molar-refractivity contribution in [3.63, 3.8) is 0 Å². The lowest BCUT2D eigenvalue weighted by Crippen LogP contribution is -2.35. The number of hydrogen-bond acceptors (Lipinski definition) is 3. The molecule has 1 heterocycles. The second-order valence-electron chi connectivity index (χ2n) is 4.93. The van der Waals surface area contributed by atoms with E-state index < -0.39 is 17.3 Å². The fourth-order valence-electron chi connectivity index (χ4n) is 2.27. The smallest absolute Gasteiger partial charge is 0.284 e. The van der Waals surface area contributed by atoms with Crippen LogP contribution in [0, 0.1) is 10.6 Å². The Hall–Kier alpha value is -2.80. The molecule has 0 unspecified atom stereocenters. The molecule has 116 valence electrons. The van der Waals surface area contributed by atoms with Crippen molar-refractivity contribution < 1.29 is 9.18 Å². The van der Waals surface area contributed by atoms with Crippen molar-refractivity contribution in [3.05, 3.63) is 75.0 Å². The Bertz CT molecular complexity index is 996. The van der Waals surface area contributed by atoms with Crippen LogP contribution in [-0.2, 0) is 11.2 Å². The number of nitrogens with zero attached hydrogens (tertiary/aromatic N) is 1. The van der Waals surface area contributed by atoms with E-state index >= 15 is 0 Å². The first-order valence-electron chi connectivity index (χ1n) is 6.83. The first kappa shape index (κ1) is 15.1. The predicted molar refractivity (Wildman–Crippen MR) is 87.9 cm³/mol. The molecular formula is C16H12FN3O2S. The number of aromatic nitrogens is 2. The monoisotopic (exact) mass is 329 g/mol. The minimum absolute atomic E-state index is 0.00508. The molecule has 0 aliphatic heterocycles. The summed E-state index contributed by atoms with van der Waals surface area (Å²) >= 11 is 5.06. The van der Waals surface area contributed by atoms with Crippen LogP contribution in [0.25, 0.3) is 10.9 Å². The van der Waals surface area contributed by atoms with Crippen LogP contribution in [0.5, 0.6) is 0 Å². The van der Waals surface area contributed by atoms with Crippen LogP contribution in [0.1, 0.15) is 5.56 Å². The van der Waals surface area contributed by atoms with Crippen molar-refractivity contribution >= 4 is 29.0 Å². The van der Waals surface area contributed by atoms with Crippen molar-refractivity contribution in [2.24, 2.45) is 0 Å². The van der Waals surface area contributed by atoms with E-state index in [4.69, 9.17) is 12.2 Å². The van der Waals surface area contributed by atoms with Gasteiger partial charge in [-0.15, -0.1) is 0 Å². The number of H-pyrrole nitrogens is 1. The average Bonchev–Trinajstić information content (AvgIpc) is 2.52. The number of carbonyl (C=O) groups excluding carboxylic acids is 1. The van der Waals surface area contributed by atoms with E-state index in [1.54, 1.807) is 18.2 Å². The number of rotatable bonds is 3. The molecule has 0 radical (unpaired) electrons. The van der Waals surface area contributed by atoms with Crippen molar-refractivity contribution in [3.8, 4) is 0 Å². The molecule has 3 aromatic rings. The molecule has 7 heteroatoms. The highest BCUT2D eigenvalue weighted by Crippen LogP contribution is 2.10. The van der Waals surface area contributed by atoms with Crippen molar-refractivity contribution in [1.82, 2.24) is 9.66 Å². The number of nitrogens with one attached hydrogen (secondary N) is 2. The molecular weight excluding hydrogens is 317 g/mol. The van der Waals surface area contributed by atoms with Crippen LogP contribution >= 0.6 is 12.2 Å². The topological polar surface area (TPSA) is 66.9 Å². The Morgan fingerprint density at radius 2 is 1.91 bits per heavy atom. The summed E-state index contributed by atoms with van der Waals surface area (Å²) in [4.78, 5) is 27.2. The van der Waals surface area contributed by atoms with Gasteiger partial charge in [0.15, 0.2) is 4.77 Å². The Morgan fingerprint density at radius 1 is 1.17 bits per heavy atom. The molecule has 5 nitrogen and oxygen atoms in total. The van der Waals surface area contributed by atoms with E-state index in [2.05, 4.69) is 10.4 Å². The molecule has 0 aliphatic carbocycles. The Morgan fingerprint density at radius 3 is 2.65 bits per heavy atom. The van der Waals surface area contributed by atoms with Crippen molar-refractivity contribution in [2.75, 3.05) is 5.43 Å². The van der Waals surface area contributed by atoms with Crippen molar-refractivity contribution in [2.45, 2.75) is 6.42 Å². The van der Waals surface area contributed by atoms with Gasteiger partial charge >= 0.3 is 0 Å². The largest absolute Gasteiger partial charge is 0.330 e. The van der Waals surface area contributed by atoms with E-state index in [1.165, 1.54) is 12.1 Å². The maximum Gasteiger partial charge on any atom is 0.284 e. The van der Waals surface area contributed by atoms with Crippen LogP contribution in [0.15, 0.2) is 53.3 Å². The summed E-state index contributed by atoms with van der Waals surface area (Å²) in [5.74, 6) is -1.10. The summed E-state index contributed by atoms with van der Waals surface area (Å²) in [7, 11) is 0. The molecule has 2 N–H and O–H groups in total. The lowest BCUT2D eigenvalue weighted by molar-refractivity contribution is -0.116. The van der Waals surface area contributed by atoms with Crippen molar-refractivity contribution in [1.29, 1.82) is 0 Å². The summed E-state index contributed by atoms with van der Waals surface area (Å²) in [5, 5.41) is -0.152. The Kier molecular flexibility index (Phi) is 4.03. The standard InChI is InChI=1S/C16H12FN3O2S/c17-11-7-4-8-12-14(11)15(22)20(16(23)18-12)19-13(21)9-10-5-2-1-3-6-10/h1-8H,9H2,(H,18,23)(H,19,21). The lowest BCUT2D eigenvalue weighted by atomic mass is 10.1. The van der Waals surface area contributed by atoms with E-state index in [0.717, 1.165) is 10.2 Å². The zero-order chi connectivity index (χ0) is 16.4. The zero-order valence-electron chi connectivity index (χ0n) is 11.9. The normalized spacial score (nSPS) is 10.7. The molecule has 1 amide bonds. The third kappa shape index (κ3) is 3.04. The third-order valence-electron chi connectivity index (χ3n) is 3.32. The van der Waals surface area contributed by atoms with Crippen LogP contribution in [0.3, 0.4) is 0 Å². The van der Waals surface area contributed by atoms with Gasteiger partial charge in [0, 0.05) is 0 Å². The van der Waals surface area contributed by atoms with Gasteiger partial charge < -0.3 is 4.98 Å². The fraction of sp³-hybridized carbons (Fsp3) is 0.0625. The molecule has 0 saturated carbocycles. The molecule has 1 aromatic heterocycles. The van der Waals surface area contributed by atoms with Crippen LogP contribution in [-0.4, -0.2) is 15.6 Å². The second kappa shape index (κ2) is 6.13. The third-order valence-corrected chi connectivity index (χ3v) is 3.60. The number of aromatic amines is 1. The van der Waals surface area contributed by atoms with Gasteiger partial charge in [-0.1, -0.05) is 36.4 Å². The van der Waals surface area contributed by atoms with Gasteiger partial charge in [0.2, 0.25) is 5.91 Å². The van der Waals surface area contributed by atoms with E-state index in [-0.39, 0.29) is 22.1 Å². The van der Waals surface area contributed by atoms with Gasteiger partial charge in [-0.2, -0.15) is 4.68 Å². The molecule has 0 saturated heterocycles. The van der Waals surface area contributed by atoms with Gasteiger partial charge in [0.05, 0.1) is 11.9 Å². The minimum Gasteiger partial charge on any atom is -0.330 e. The van der Waals surface area contributed by atoms with E-state index in [0.29, 0.717) is 0 Å². The highest BCUT2D eigenvalue weighted by molar-refractivity contribution is 7.71. The molecule has 0 spiro atoms. The van der Waals surface area contributed by atoms with Gasteiger partial charge in [0.1, 0.15) is 11.2 Å². The second-order valence-corrected chi connectivity index (χ2v) is 5.32. The number of hydrogen-bond donors (Lipinski definition) is 2. The van der Waals surface area contributed by atoms with Crippen LogP contribution < -0.4 is 11.0 Å². The van der Waals surface area contributed by atoms with Gasteiger partial charge in [0.25, 0.3) is 5.56 Å². The fourth-order valence-corrected chi connectivity index (χ4v) is 2.51. The molecule has 3 rings (SSSR count). The van der Waals surface area contributed by atoms with Gasteiger partial charge in [-0.3, -0.25) is 15.0 Å². The summed E-state index contributed by atoms with van der Waals surface area (Å²) in [5.41, 5.74) is 2.78. The lowest BCUT2D eigenvalue weighted by Gasteiger charge is -2.10. The number of halogens is 1. The highest BCUT2D eigenvalue weighted by Gasteiger charge is 2.12. The maximum atomic E-state index is 13.9. The van der Waals surface area contributed by atoms with Gasteiger partial charge in [-0.05, 0) is 29.9 Å². The van der Waals surface area contributed by atoms with E-state index in [9.17, 15) is 14.0 Å². The average molecular weight is 329 g/mol. The Labute approximate surface area is 135 Å². The highest BCUT2D eigenvalue weighted by atomic mass is 32.1. The summed E-state index contributed by atoms with van der Waals surface area (Å²) in [6.45, 7) is 0. The Balaban J connectivity index is 1.97. The molecule has 2 aromatic carbocycles. The molecule has 23 heavy (non-hydrogen) atoms. The van der Waals surface area contributed by atoms with Crippen LogP contribution in [0.4, 0.5) is 4.39 Å². The molecule has 0 fully saturated rings. The number of carbonyl (C=O) groups is 1. The SMILES string of the molecule is O=C(Cc1ccccc1)Nn1c(=S)[nH]c2cccc(F)c2c1=O. The first-order valence-corrected chi connectivity index (χ1v) is 7.24. The molecule has 0 bridgehead atoms. The summed E-state index contributed by atoms with van der Waals surface area (Å²) in [6.07, 6.45) is 0.0807. The summed E-state index contributed by atoms with van der Waals surface area (Å²) in [6, 6.07) is 13.3. The predicted octanol–water partition coefficient (Wildman–Crippen LogP) is 2.51. The molecule has 0 aliphatic rings. The van der Waals surface area contributed by atoms with Gasteiger partial charge in [-0.25, -0.2) is 4.39 Å². The van der Waals surface area contributed by atoms with Crippen LogP contribution in [0.2, 0.25) is 0 Å². The quantitative estimate of drug-likeness (QED) is 0.726. The zero-order valence-corrected chi connectivity index (χ0v) is 12.7. The number of amides is 1. The minimum atomic E-state index is -0.705. The molecule has 0 atom stereocenters.